The van der Waals surface area contributed by atoms with Crippen LogP contribution in [0.15, 0.2) is 18.2 Å². The zero-order valence-corrected chi connectivity index (χ0v) is 10.9. The van der Waals surface area contributed by atoms with Crippen LogP contribution in [0.4, 0.5) is 4.39 Å². The van der Waals surface area contributed by atoms with E-state index in [2.05, 4.69) is 5.32 Å². The number of benzene rings is 1. The van der Waals surface area contributed by atoms with Crippen LogP contribution >= 0.6 is 0 Å². The number of nitrogens with one attached hydrogen (secondary N) is 1. The van der Waals surface area contributed by atoms with E-state index in [0.717, 1.165) is 0 Å². The van der Waals surface area contributed by atoms with Gasteiger partial charge in [0.25, 0.3) is 0 Å². The molecule has 1 atom stereocenters. The Morgan fingerprint density at radius 3 is 2.78 bits per heavy atom. The van der Waals surface area contributed by atoms with Gasteiger partial charge in [0.1, 0.15) is 0 Å². The van der Waals surface area contributed by atoms with Crippen molar-refractivity contribution in [3.8, 4) is 5.75 Å². The summed E-state index contributed by atoms with van der Waals surface area (Å²) >= 11 is 0. The summed E-state index contributed by atoms with van der Waals surface area (Å²) in [6.45, 7) is 2.23. The molecule has 1 fully saturated rings. The van der Waals surface area contributed by atoms with Crippen molar-refractivity contribution in [1.29, 1.82) is 0 Å². The Kier molecular flexibility index (Phi) is 3.33. The van der Waals surface area contributed by atoms with E-state index in [9.17, 15) is 12.8 Å². The molecule has 1 heterocycles. The van der Waals surface area contributed by atoms with Gasteiger partial charge in [0.2, 0.25) is 0 Å². The van der Waals surface area contributed by atoms with Crippen LogP contribution in [0.1, 0.15) is 18.9 Å². The molecule has 0 aromatic heterocycles. The van der Waals surface area contributed by atoms with Crippen LogP contribution in [-0.2, 0) is 16.4 Å². The molecule has 0 spiro atoms. The number of aromatic hydroxyl groups is 1. The van der Waals surface area contributed by atoms with Gasteiger partial charge < -0.3 is 10.4 Å². The molecule has 1 aromatic rings. The predicted molar refractivity (Wildman–Crippen MR) is 66.6 cm³/mol. The minimum absolute atomic E-state index is 0.112. The topological polar surface area (TPSA) is 66.4 Å². The van der Waals surface area contributed by atoms with Crippen LogP contribution in [0.5, 0.6) is 5.75 Å². The molecule has 1 unspecified atom stereocenters. The average Bonchev–Trinajstić information content (AvgIpc) is 2.56. The number of hydrogen-bond acceptors (Lipinski definition) is 4. The Hall–Kier alpha value is -1.14. The summed E-state index contributed by atoms with van der Waals surface area (Å²) < 4.78 is 36.0. The zero-order chi connectivity index (χ0) is 13.4. The third-order valence-electron chi connectivity index (χ3n) is 3.23. The van der Waals surface area contributed by atoms with Crippen molar-refractivity contribution in [1.82, 2.24) is 5.32 Å². The first kappa shape index (κ1) is 13.3. The van der Waals surface area contributed by atoms with Crippen molar-refractivity contribution in [3.05, 3.63) is 29.6 Å². The molecule has 2 rings (SSSR count). The molecule has 100 valence electrons. The summed E-state index contributed by atoms with van der Waals surface area (Å²) in [7, 11) is -2.95. The fraction of sp³-hybridized carbons (Fsp3) is 0.500. The number of phenols is 1. The van der Waals surface area contributed by atoms with Crippen molar-refractivity contribution >= 4 is 9.84 Å². The van der Waals surface area contributed by atoms with Gasteiger partial charge in [-0.15, -0.1) is 0 Å². The van der Waals surface area contributed by atoms with Gasteiger partial charge in [0, 0.05) is 12.1 Å². The molecule has 1 aliphatic heterocycles. The summed E-state index contributed by atoms with van der Waals surface area (Å²) in [5, 5.41) is 12.2. The second kappa shape index (κ2) is 4.51. The number of hydrogen-bond donors (Lipinski definition) is 2. The quantitative estimate of drug-likeness (QED) is 0.868. The maximum absolute atomic E-state index is 13.1. The van der Waals surface area contributed by atoms with Gasteiger partial charge in [0.15, 0.2) is 21.4 Å². The van der Waals surface area contributed by atoms with E-state index in [1.807, 2.05) is 6.92 Å². The molecule has 0 bridgehead atoms. The highest BCUT2D eigenvalue weighted by Crippen LogP contribution is 2.24. The molecule has 0 aliphatic carbocycles. The molecule has 2 N–H and O–H groups in total. The van der Waals surface area contributed by atoms with E-state index in [1.165, 1.54) is 12.1 Å². The van der Waals surface area contributed by atoms with Crippen molar-refractivity contribution in [2.24, 2.45) is 0 Å². The van der Waals surface area contributed by atoms with Crippen molar-refractivity contribution in [2.45, 2.75) is 25.4 Å². The highest BCUT2D eigenvalue weighted by Gasteiger charge is 2.37. The van der Waals surface area contributed by atoms with Crippen LogP contribution in [-0.4, -0.2) is 30.6 Å². The fourth-order valence-corrected chi connectivity index (χ4v) is 4.25. The largest absolute Gasteiger partial charge is 0.505 e. The lowest BCUT2D eigenvalue weighted by Gasteiger charge is -2.24. The van der Waals surface area contributed by atoms with Crippen molar-refractivity contribution < 1.29 is 17.9 Å². The first-order valence-corrected chi connectivity index (χ1v) is 7.55. The molecule has 0 radical (unpaired) electrons. The minimum Gasteiger partial charge on any atom is -0.505 e. The summed E-state index contributed by atoms with van der Waals surface area (Å²) in [4.78, 5) is 0. The molecule has 18 heavy (non-hydrogen) atoms. The summed E-state index contributed by atoms with van der Waals surface area (Å²) in [6, 6.07) is 4.15. The Labute approximate surface area is 106 Å². The molecule has 0 saturated carbocycles. The minimum atomic E-state index is -2.95. The molecular weight excluding hydrogens is 257 g/mol. The Morgan fingerprint density at radius 1 is 1.50 bits per heavy atom. The molecule has 1 aromatic carbocycles. The summed E-state index contributed by atoms with van der Waals surface area (Å²) in [5.74, 6) is -0.743. The van der Waals surface area contributed by atoms with Gasteiger partial charge in [-0.1, -0.05) is 6.07 Å². The van der Waals surface area contributed by atoms with Crippen LogP contribution in [0, 0.1) is 5.82 Å². The highest BCUT2D eigenvalue weighted by atomic mass is 32.2. The average molecular weight is 273 g/mol. The first-order valence-electron chi connectivity index (χ1n) is 5.73. The third kappa shape index (κ3) is 3.00. The van der Waals surface area contributed by atoms with E-state index in [0.29, 0.717) is 18.5 Å². The Balaban J connectivity index is 2.02. The van der Waals surface area contributed by atoms with E-state index in [1.54, 1.807) is 6.07 Å². The van der Waals surface area contributed by atoms with E-state index in [4.69, 9.17) is 5.11 Å². The first-order chi connectivity index (χ1) is 8.30. The molecule has 0 amide bonds. The van der Waals surface area contributed by atoms with Gasteiger partial charge in [-0.3, -0.25) is 0 Å². The Morgan fingerprint density at radius 2 is 2.22 bits per heavy atom. The van der Waals surface area contributed by atoms with Gasteiger partial charge in [-0.05, 0) is 31.0 Å². The van der Waals surface area contributed by atoms with E-state index in [-0.39, 0.29) is 17.3 Å². The molecule has 4 nitrogen and oxygen atoms in total. The smallest absolute Gasteiger partial charge is 0.165 e. The van der Waals surface area contributed by atoms with E-state index < -0.39 is 21.2 Å². The van der Waals surface area contributed by atoms with Gasteiger partial charge in [-0.2, -0.15) is 0 Å². The van der Waals surface area contributed by atoms with Gasteiger partial charge in [0.05, 0.1) is 11.5 Å². The standard InChI is InChI=1S/C12H16FNO3S/c1-12(4-5-18(16,17)8-12)14-7-9-2-3-11(15)10(13)6-9/h2-3,6,14-15H,4-5,7-8H2,1H3. The summed E-state index contributed by atoms with van der Waals surface area (Å²) in [5.41, 5.74) is 0.225. The lowest BCUT2D eigenvalue weighted by molar-refractivity contribution is 0.394. The monoisotopic (exact) mass is 273 g/mol. The van der Waals surface area contributed by atoms with Crippen LogP contribution in [0.25, 0.3) is 0 Å². The summed E-state index contributed by atoms with van der Waals surface area (Å²) in [6.07, 6.45) is 0.565. The molecular formula is C12H16FNO3S. The molecule has 1 saturated heterocycles. The van der Waals surface area contributed by atoms with Gasteiger partial charge >= 0.3 is 0 Å². The fourth-order valence-electron chi connectivity index (χ4n) is 2.13. The third-order valence-corrected chi connectivity index (χ3v) is 5.14. The number of rotatable bonds is 3. The van der Waals surface area contributed by atoms with Crippen molar-refractivity contribution in [3.63, 3.8) is 0 Å². The van der Waals surface area contributed by atoms with Crippen LogP contribution < -0.4 is 5.32 Å². The number of phenolic OH excluding ortho intramolecular Hbond substituents is 1. The van der Waals surface area contributed by atoms with Crippen molar-refractivity contribution in [2.75, 3.05) is 11.5 Å². The maximum Gasteiger partial charge on any atom is 0.165 e. The highest BCUT2D eigenvalue weighted by molar-refractivity contribution is 7.91. The second-order valence-corrected chi connectivity index (χ2v) is 7.23. The maximum atomic E-state index is 13.1. The van der Waals surface area contributed by atoms with Gasteiger partial charge in [-0.25, -0.2) is 12.8 Å². The van der Waals surface area contributed by atoms with Crippen LogP contribution in [0.3, 0.4) is 0 Å². The molecule has 1 aliphatic rings. The zero-order valence-electron chi connectivity index (χ0n) is 10.1. The SMILES string of the molecule is CC1(NCc2ccc(O)c(F)c2)CCS(=O)(=O)C1. The normalized spacial score (nSPS) is 26.3. The molecule has 6 heteroatoms. The van der Waals surface area contributed by atoms with Crippen LogP contribution in [0.2, 0.25) is 0 Å². The lowest BCUT2D eigenvalue weighted by atomic mass is 10.0. The van der Waals surface area contributed by atoms with E-state index >= 15 is 0 Å². The number of sulfone groups is 1. The lowest BCUT2D eigenvalue weighted by Crippen LogP contribution is -2.42. The predicted octanol–water partition coefficient (Wildman–Crippen LogP) is 1.20. The number of halogens is 1. The second-order valence-electron chi connectivity index (χ2n) is 5.04. The Bertz CT molecular complexity index is 558.